The van der Waals surface area contributed by atoms with Crippen LogP contribution in [0.1, 0.15) is 19.4 Å². The number of nitrogens with zero attached hydrogens (tertiary/aromatic N) is 1. The molecule has 0 aliphatic heterocycles. The quantitative estimate of drug-likeness (QED) is 0.717. The molecule has 2 rings (SSSR count). The average Bonchev–Trinajstić information content (AvgIpc) is 2.62. The van der Waals surface area contributed by atoms with Crippen molar-refractivity contribution < 1.29 is 17.9 Å². The van der Waals surface area contributed by atoms with Crippen LogP contribution in [0.3, 0.4) is 0 Å². The number of amides is 1. The molecule has 0 aliphatic rings. The van der Waals surface area contributed by atoms with E-state index in [1.807, 2.05) is 13.0 Å². The van der Waals surface area contributed by atoms with Crippen LogP contribution < -0.4 is 9.64 Å². The molecule has 0 spiro atoms. The number of benzene rings is 2. The van der Waals surface area contributed by atoms with E-state index in [1.165, 1.54) is 18.9 Å². The van der Waals surface area contributed by atoms with Gasteiger partial charge in [0.1, 0.15) is 11.0 Å². The summed E-state index contributed by atoms with van der Waals surface area (Å²) in [6, 6.07) is 13.8. The molecule has 0 heterocycles. The summed E-state index contributed by atoms with van der Waals surface area (Å²) in [7, 11) is -2.29. The van der Waals surface area contributed by atoms with Gasteiger partial charge >= 0.3 is 0 Å². The van der Waals surface area contributed by atoms with E-state index in [9.17, 15) is 13.2 Å². The molecule has 0 unspecified atom stereocenters. The molecule has 7 heteroatoms. The van der Waals surface area contributed by atoms with Gasteiger partial charge in [0, 0.05) is 22.8 Å². The number of ether oxygens (including phenoxy) is 1. The third-order valence-corrected chi connectivity index (χ3v) is 6.36. The van der Waals surface area contributed by atoms with Crippen molar-refractivity contribution in [3.05, 3.63) is 59.1 Å². The Labute approximate surface area is 159 Å². The van der Waals surface area contributed by atoms with Crippen molar-refractivity contribution in [3.63, 3.8) is 0 Å². The van der Waals surface area contributed by atoms with E-state index in [4.69, 9.17) is 16.3 Å². The summed E-state index contributed by atoms with van der Waals surface area (Å²) in [6.07, 6.45) is 0. The number of carbonyl (C=O) groups excluding carboxylic acids is 1. The molecule has 0 aromatic heterocycles. The summed E-state index contributed by atoms with van der Waals surface area (Å²) < 4.78 is 30.9. The van der Waals surface area contributed by atoms with Crippen molar-refractivity contribution in [1.29, 1.82) is 0 Å². The fraction of sp³-hybridized carbons (Fsp3) is 0.316. The summed E-state index contributed by atoms with van der Waals surface area (Å²) in [4.78, 5) is 14.3. The molecule has 0 radical (unpaired) electrons. The van der Waals surface area contributed by atoms with Crippen LogP contribution in [0, 0.1) is 0 Å². The normalized spacial score (nSPS) is 12.5. The SMILES string of the molecule is CCN(C(=O)[C@H](C)S(=O)(=O)Cc1cc(Cl)ccc1OC)c1ccccc1. The Bertz CT molecular complexity index is 868. The first kappa shape index (κ1) is 20.3. The van der Waals surface area contributed by atoms with Gasteiger partial charge in [-0.05, 0) is 44.2 Å². The van der Waals surface area contributed by atoms with Crippen LogP contribution >= 0.6 is 11.6 Å². The molecule has 26 heavy (non-hydrogen) atoms. The fourth-order valence-electron chi connectivity index (χ4n) is 2.65. The first-order chi connectivity index (χ1) is 12.3. The van der Waals surface area contributed by atoms with E-state index in [0.29, 0.717) is 28.6 Å². The second-order valence-corrected chi connectivity index (χ2v) is 8.58. The van der Waals surface area contributed by atoms with Gasteiger partial charge in [0.25, 0.3) is 0 Å². The highest BCUT2D eigenvalue weighted by molar-refractivity contribution is 7.92. The maximum Gasteiger partial charge on any atom is 0.245 e. The van der Waals surface area contributed by atoms with Gasteiger partial charge in [-0.2, -0.15) is 0 Å². The first-order valence-electron chi connectivity index (χ1n) is 8.20. The lowest BCUT2D eigenvalue weighted by Gasteiger charge is -2.24. The predicted octanol–water partition coefficient (Wildman–Crippen LogP) is 3.71. The third kappa shape index (κ3) is 4.56. The predicted molar refractivity (Wildman–Crippen MR) is 105 cm³/mol. The summed E-state index contributed by atoms with van der Waals surface area (Å²) in [5.74, 6) is -0.358. The molecule has 0 bridgehead atoms. The van der Waals surface area contributed by atoms with Gasteiger partial charge in [-0.3, -0.25) is 4.79 Å². The molecule has 0 fully saturated rings. The summed E-state index contributed by atoms with van der Waals surface area (Å²) in [6.45, 7) is 3.60. The van der Waals surface area contributed by atoms with Crippen LogP contribution in [-0.2, 0) is 20.4 Å². The van der Waals surface area contributed by atoms with Gasteiger partial charge in [-0.1, -0.05) is 29.8 Å². The van der Waals surface area contributed by atoms with Crippen molar-refractivity contribution in [2.24, 2.45) is 0 Å². The Kier molecular flexibility index (Phi) is 6.67. The minimum absolute atomic E-state index is 0.323. The molecule has 2 aromatic carbocycles. The number of rotatable bonds is 7. The fourth-order valence-corrected chi connectivity index (χ4v) is 4.19. The second kappa shape index (κ2) is 8.56. The Morgan fingerprint density at radius 3 is 2.42 bits per heavy atom. The minimum atomic E-state index is -3.75. The third-order valence-electron chi connectivity index (χ3n) is 4.14. The number of halogens is 1. The molecule has 0 N–H and O–H groups in total. The molecule has 0 saturated heterocycles. The molecule has 5 nitrogen and oxygen atoms in total. The van der Waals surface area contributed by atoms with Crippen LogP contribution in [0.15, 0.2) is 48.5 Å². The van der Waals surface area contributed by atoms with E-state index in [2.05, 4.69) is 0 Å². The van der Waals surface area contributed by atoms with Crippen molar-refractivity contribution in [3.8, 4) is 5.75 Å². The summed E-state index contributed by atoms with van der Waals surface area (Å²) in [5.41, 5.74) is 1.10. The Morgan fingerprint density at radius 1 is 1.19 bits per heavy atom. The largest absolute Gasteiger partial charge is 0.496 e. The smallest absolute Gasteiger partial charge is 0.245 e. The molecule has 2 aromatic rings. The Hall–Kier alpha value is -2.05. The maximum absolute atomic E-state index is 12.8. The maximum atomic E-state index is 12.8. The van der Waals surface area contributed by atoms with Crippen LogP contribution in [-0.4, -0.2) is 33.2 Å². The van der Waals surface area contributed by atoms with E-state index in [-0.39, 0.29) is 5.75 Å². The van der Waals surface area contributed by atoms with E-state index in [0.717, 1.165) is 0 Å². The van der Waals surface area contributed by atoms with Gasteiger partial charge < -0.3 is 9.64 Å². The van der Waals surface area contributed by atoms with Gasteiger partial charge in [0.2, 0.25) is 5.91 Å². The highest BCUT2D eigenvalue weighted by Gasteiger charge is 2.32. The van der Waals surface area contributed by atoms with Gasteiger partial charge in [0.05, 0.1) is 12.9 Å². The van der Waals surface area contributed by atoms with Crippen LogP contribution in [0.5, 0.6) is 5.75 Å². The van der Waals surface area contributed by atoms with Crippen LogP contribution in [0.4, 0.5) is 5.69 Å². The molecular formula is C19H22ClNO4S. The molecule has 0 aliphatic carbocycles. The minimum Gasteiger partial charge on any atom is -0.496 e. The molecule has 1 amide bonds. The van der Waals surface area contributed by atoms with E-state index in [1.54, 1.807) is 42.5 Å². The average molecular weight is 396 g/mol. The van der Waals surface area contributed by atoms with Crippen LogP contribution in [0.2, 0.25) is 5.02 Å². The van der Waals surface area contributed by atoms with Gasteiger partial charge in [-0.25, -0.2) is 8.42 Å². The number of sulfone groups is 1. The van der Waals surface area contributed by atoms with E-state index < -0.39 is 21.0 Å². The van der Waals surface area contributed by atoms with Crippen molar-refractivity contribution in [2.75, 3.05) is 18.6 Å². The number of para-hydroxylation sites is 1. The highest BCUT2D eigenvalue weighted by Crippen LogP contribution is 2.26. The summed E-state index contributed by atoms with van der Waals surface area (Å²) in [5, 5.41) is -0.777. The standard InChI is InChI=1S/C19H22ClNO4S/c1-4-21(17-8-6-5-7-9-17)19(22)14(2)26(23,24)13-15-12-16(20)10-11-18(15)25-3/h5-12,14H,4,13H2,1-3H3/t14-/m0/s1. The number of anilines is 1. The van der Waals surface area contributed by atoms with Crippen molar-refractivity contribution >= 4 is 33.0 Å². The zero-order valence-corrected chi connectivity index (χ0v) is 16.5. The first-order valence-corrected chi connectivity index (χ1v) is 10.3. The summed E-state index contributed by atoms with van der Waals surface area (Å²) >= 11 is 5.97. The van der Waals surface area contributed by atoms with Crippen molar-refractivity contribution in [2.45, 2.75) is 24.9 Å². The number of hydrogen-bond acceptors (Lipinski definition) is 4. The number of methoxy groups -OCH3 is 1. The highest BCUT2D eigenvalue weighted by atomic mass is 35.5. The number of carbonyl (C=O) groups is 1. The monoisotopic (exact) mass is 395 g/mol. The molecule has 0 saturated carbocycles. The lowest BCUT2D eigenvalue weighted by Crippen LogP contribution is -2.42. The van der Waals surface area contributed by atoms with Gasteiger partial charge in [0.15, 0.2) is 9.84 Å². The zero-order chi connectivity index (χ0) is 19.3. The zero-order valence-electron chi connectivity index (χ0n) is 15.0. The molecule has 140 valence electrons. The van der Waals surface area contributed by atoms with Crippen LogP contribution in [0.25, 0.3) is 0 Å². The van der Waals surface area contributed by atoms with E-state index >= 15 is 0 Å². The Balaban J connectivity index is 2.28. The van der Waals surface area contributed by atoms with Crippen molar-refractivity contribution in [1.82, 2.24) is 0 Å². The molecule has 1 atom stereocenters. The topological polar surface area (TPSA) is 63.7 Å². The Morgan fingerprint density at radius 2 is 1.85 bits per heavy atom. The lowest BCUT2D eigenvalue weighted by atomic mass is 10.2. The second-order valence-electron chi connectivity index (χ2n) is 5.82. The lowest BCUT2D eigenvalue weighted by molar-refractivity contribution is -0.117. The van der Waals surface area contributed by atoms with Gasteiger partial charge in [-0.15, -0.1) is 0 Å². The molecular weight excluding hydrogens is 374 g/mol. The number of hydrogen-bond donors (Lipinski definition) is 0.